The van der Waals surface area contributed by atoms with Crippen LogP contribution in [0.2, 0.25) is 0 Å². The van der Waals surface area contributed by atoms with Gasteiger partial charge in [-0.25, -0.2) is 13.5 Å². The van der Waals surface area contributed by atoms with Gasteiger partial charge in [-0.1, -0.05) is 6.07 Å². The van der Waals surface area contributed by atoms with Gasteiger partial charge in [-0.05, 0) is 36.8 Å². The SMILES string of the molecule is Cc1c(Nc2ncn(-c3cc(F)cc(F)c3)n2)cccc1NC1COC1. The molecule has 134 valence electrons. The molecule has 4 rings (SSSR count). The van der Waals surface area contributed by atoms with Crippen molar-refractivity contribution in [3.05, 3.63) is 59.9 Å². The highest BCUT2D eigenvalue weighted by molar-refractivity contribution is 5.68. The van der Waals surface area contributed by atoms with Crippen LogP contribution in [0.5, 0.6) is 0 Å². The van der Waals surface area contributed by atoms with Crippen molar-refractivity contribution in [3.8, 4) is 5.69 Å². The van der Waals surface area contributed by atoms with Crippen LogP contribution in [0.4, 0.5) is 26.1 Å². The third kappa shape index (κ3) is 3.36. The molecule has 1 saturated heterocycles. The summed E-state index contributed by atoms with van der Waals surface area (Å²) in [5.41, 5.74) is 3.14. The third-order valence-electron chi connectivity index (χ3n) is 4.18. The summed E-state index contributed by atoms with van der Waals surface area (Å²) in [5.74, 6) is -0.999. The van der Waals surface area contributed by atoms with Gasteiger partial charge in [0.1, 0.15) is 18.0 Å². The molecule has 2 N–H and O–H groups in total. The highest BCUT2D eigenvalue weighted by Crippen LogP contribution is 2.26. The fraction of sp³-hybridized carbons (Fsp3) is 0.222. The van der Waals surface area contributed by atoms with E-state index in [1.165, 1.54) is 23.1 Å². The van der Waals surface area contributed by atoms with E-state index in [0.717, 1.165) is 23.0 Å². The highest BCUT2D eigenvalue weighted by Gasteiger charge is 2.19. The summed E-state index contributed by atoms with van der Waals surface area (Å²) in [5, 5.41) is 10.8. The normalized spacial score (nSPS) is 14.1. The molecule has 0 amide bonds. The predicted molar refractivity (Wildman–Crippen MR) is 94.0 cm³/mol. The number of hydrogen-bond acceptors (Lipinski definition) is 5. The minimum atomic E-state index is -0.667. The van der Waals surface area contributed by atoms with Crippen molar-refractivity contribution in [1.29, 1.82) is 0 Å². The predicted octanol–water partition coefficient (Wildman–Crippen LogP) is 3.41. The van der Waals surface area contributed by atoms with E-state index in [9.17, 15) is 8.78 Å². The average Bonchev–Trinajstić information content (AvgIpc) is 3.02. The first-order chi connectivity index (χ1) is 12.6. The molecule has 1 aromatic heterocycles. The number of nitrogens with one attached hydrogen (secondary N) is 2. The molecule has 0 aliphatic carbocycles. The summed E-state index contributed by atoms with van der Waals surface area (Å²) >= 11 is 0. The van der Waals surface area contributed by atoms with Gasteiger partial charge in [-0.3, -0.25) is 0 Å². The van der Waals surface area contributed by atoms with Crippen LogP contribution < -0.4 is 10.6 Å². The van der Waals surface area contributed by atoms with Crippen molar-refractivity contribution in [3.63, 3.8) is 0 Å². The van der Waals surface area contributed by atoms with Crippen molar-refractivity contribution in [2.24, 2.45) is 0 Å². The molecule has 2 aromatic carbocycles. The topological polar surface area (TPSA) is 64.0 Å². The van der Waals surface area contributed by atoms with Crippen LogP contribution in [0.15, 0.2) is 42.7 Å². The molecular weight excluding hydrogens is 340 g/mol. The smallest absolute Gasteiger partial charge is 0.246 e. The minimum absolute atomic E-state index is 0.264. The molecule has 1 aliphatic heterocycles. The molecule has 6 nitrogen and oxygen atoms in total. The van der Waals surface area contributed by atoms with E-state index < -0.39 is 11.6 Å². The molecular formula is C18H17F2N5O. The zero-order valence-electron chi connectivity index (χ0n) is 14.0. The largest absolute Gasteiger partial charge is 0.377 e. The molecule has 1 aliphatic rings. The molecule has 8 heteroatoms. The molecule has 0 radical (unpaired) electrons. The Morgan fingerprint density at radius 3 is 2.54 bits per heavy atom. The van der Waals surface area contributed by atoms with Gasteiger partial charge in [-0.2, -0.15) is 4.98 Å². The lowest BCUT2D eigenvalue weighted by molar-refractivity contribution is 0.0211. The Bertz CT molecular complexity index is 919. The number of benzene rings is 2. The van der Waals surface area contributed by atoms with Gasteiger partial charge >= 0.3 is 0 Å². The Kier molecular flexibility index (Phi) is 4.26. The van der Waals surface area contributed by atoms with Crippen molar-refractivity contribution in [2.75, 3.05) is 23.8 Å². The molecule has 2 heterocycles. The lowest BCUT2D eigenvalue weighted by atomic mass is 10.1. The van der Waals surface area contributed by atoms with Crippen molar-refractivity contribution < 1.29 is 13.5 Å². The molecule has 0 atom stereocenters. The Balaban J connectivity index is 1.54. The lowest BCUT2D eigenvalue weighted by Crippen LogP contribution is -2.40. The number of nitrogens with zero attached hydrogens (tertiary/aromatic N) is 3. The Labute approximate surface area is 148 Å². The number of rotatable bonds is 5. The van der Waals surface area contributed by atoms with E-state index in [1.807, 2.05) is 25.1 Å². The molecule has 0 unspecified atom stereocenters. The summed E-state index contributed by atoms with van der Waals surface area (Å²) < 4.78 is 33.2. The summed E-state index contributed by atoms with van der Waals surface area (Å²) in [6, 6.07) is 9.37. The quantitative estimate of drug-likeness (QED) is 0.733. The van der Waals surface area contributed by atoms with E-state index in [4.69, 9.17) is 4.74 Å². The molecule has 1 fully saturated rings. The zero-order chi connectivity index (χ0) is 18.1. The van der Waals surface area contributed by atoms with Gasteiger partial charge in [0.05, 0.1) is 24.9 Å². The minimum Gasteiger partial charge on any atom is -0.377 e. The van der Waals surface area contributed by atoms with Crippen LogP contribution in [0.3, 0.4) is 0 Å². The second kappa shape index (κ2) is 6.72. The van der Waals surface area contributed by atoms with E-state index >= 15 is 0 Å². The molecule has 0 bridgehead atoms. The maximum absolute atomic E-state index is 13.4. The van der Waals surface area contributed by atoms with E-state index in [-0.39, 0.29) is 5.69 Å². The van der Waals surface area contributed by atoms with E-state index in [2.05, 4.69) is 20.7 Å². The number of anilines is 3. The van der Waals surface area contributed by atoms with Crippen LogP contribution in [-0.2, 0) is 4.74 Å². The standard InChI is InChI=1S/C18H17F2N5O/c1-11-16(22-14-8-26-9-14)3-2-4-17(11)23-18-21-10-25(24-18)15-6-12(19)5-13(20)7-15/h2-7,10,14,22H,8-9H2,1H3,(H,23,24). The average molecular weight is 357 g/mol. The molecule has 26 heavy (non-hydrogen) atoms. The Morgan fingerprint density at radius 1 is 1.12 bits per heavy atom. The number of aromatic nitrogens is 3. The first-order valence-electron chi connectivity index (χ1n) is 8.17. The van der Waals surface area contributed by atoms with Crippen LogP contribution in [0.25, 0.3) is 5.69 Å². The first kappa shape index (κ1) is 16.5. The fourth-order valence-corrected chi connectivity index (χ4v) is 2.70. The lowest BCUT2D eigenvalue weighted by Gasteiger charge is -2.28. The zero-order valence-corrected chi connectivity index (χ0v) is 14.0. The summed E-state index contributed by atoms with van der Waals surface area (Å²) in [7, 11) is 0. The number of ether oxygens (including phenoxy) is 1. The second-order valence-corrected chi connectivity index (χ2v) is 6.12. The van der Waals surface area contributed by atoms with Gasteiger partial charge in [0.25, 0.3) is 0 Å². The van der Waals surface area contributed by atoms with Gasteiger partial charge in [0.2, 0.25) is 5.95 Å². The summed E-state index contributed by atoms with van der Waals surface area (Å²) in [6.45, 7) is 3.39. The molecule has 3 aromatic rings. The Hall–Kier alpha value is -3.00. The first-order valence-corrected chi connectivity index (χ1v) is 8.17. The van der Waals surface area contributed by atoms with Crippen molar-refractivity contribution >= 4 is 17.3 Å². The summed E-state index contributed by atoms with van der Waals surface area (Å²) in [6.07, 6.45) is 1.40. The fourth-order valence-electron chi connectivity index (χ4n) is 2.70. The van der Waals surface area contributed by atoms with Crippen LogP contribution >= 0.6 is 0 Å². The second-order valence-electron chi connectivity index (χ2n) is 6.12. The highest BCUT2D eigenvalue weighted by atomic mass is 19.1. The van der Waals surface area contributed by atoms with Gasteiger partial charge in [-0.15, -0.1) is 5.10 Å². The van der Waals surface area contributed by atoms with Crippen LogP contribution in [-0.4, -0.2) is 34.0 Å². The molecule has 0 saturated carbocycles. The van der Waals surface area contributed by atoms with Gasteiger partial charge in [0, 0.05) is 17.4 Å². The molecule has 0 spiro atoms. The van der Waals surface area contributed by atoms with E-state index in [1.54, 1.807) is 0 Å². The number of hydrogen-bond donors (Lipinski definition) is 2. The third-order valence-corrected chi connectivity index (χ3v) is 4.18. The number of halogens is 2. The maximum Gasteiger partial charge on any atom is 0.246 e. The van der Waals surface area contributed by atoms with Crippen molar-refractivity contribution in [2.45, 2.75) is 13.0 Å². The Morgan fingerprint density at radius 2 is 1.85 bits per heavy atom. The van der Waals surface area contributed by atoms with Crippen molar-refractivity contribution in [1.82, 2.24) is 14.8 Å². The van der Waals surface area contributed by atoms with E-state index in [0.29, 0.717) is 25.2 Å². The maximum atomic E-state index is 13.4. The van der Waals surface area contributed by atoms with Gasteiger partial charge in [0.15, 0.2) is 0 Å². The van der Waals surface area contributed by atoms with Crippen LogP contribution in [0, 0.1) is 18.6 Å². The summed E-state index contributed by atoms with van der Waals surface area (Å²) in [4.78, 5) is 4.16. The van der Waals surface area contributed by atoms with Crippen LogP contribution in [0.1, 0.15) is 5.56 Å². The monoisotopic (exact) mass is 357 g/mol. The van der Waals surface area contributed by atoms with Gasteiger partial charge < -0.3 is 15.4 Å².